The molecule has 0 bridgehead atoms. The SMILES string of the molecule is C=CCN(C(=O)C(CCSC)NC(=O)OC(C)(C)C)C(C(=O)Nc1ccc2ccccc2c1)c1ccccc1. The van der Waals surface area contributed by atoms with E-state index in [1.165, 1.54) is 4.90 Å². The lowest BCUT2D eigenvalue weighted by Crippen LogP contribution is -2.52. The second-order valence-corrected chi connectivity index (χ2v) is 11.1. The summed E-state index contributed by atoms with van der Waals surface area (Å²) in [5.74, 6) is -0.127. The van der Waals surface area contributed by atoms with E-state index in [1.54, 1.807) is 38.6 Å². The van der Waals surface area contributed by atoms with Crippen LogP contribution in [0.4, 0.5) is 10.5 Å². The molecule has 0 spiro atoms. The highest BCUT2D eigenvalue weighted by molar-refractivity contribution is 7.98. The van der Waals surface area contributed by atoms with Gasteiger partial charge < -0.3 is 20.3 Å². The van der Waals surface area contributed by atoms with Gasteiger partial charge in [-0.3, -0.25) is 9.59 Å². The van der Waals surface area contributed by atoms with Gasteiger partial charge in [-0.25, -0.2) is 4.79 Å². The summed E-state index contributed by atoms with van der Waals surface area (Å²) >= 11 is 1.56. The van der Waals surface area contributed by atoms with Gasteiger partial charge in [-0.1, -0.05) is 66.7 Å². The molecule has 0 aromatic heterocycles. The summed E-state index contributed by atoms with van der Waals surface area (Å²) < 4.78 is 5.42. The first kappa shape index (κ1) is 29.8. The van der Waals surface area contributed by atoms with Gasteiger partial charge in [0.2, 0.25) is 5.91 Å². The van der Waals surface area contributed by atoms with Crippen LogP contribution in [0.1, 0.15) is 38.8 Å². The number of amides is 3. The van der Waals surface area contributed by atoms with E-state index in [-0.39, 0.29) is 12.5 Å². The number of fused-ring (bicyclic) bond motifs is 1. The summed E-state index contributed by atoms with van der Waals surface area (Å²) in [7, 11) is 0. The highest BCUT2D eigenvalue weighted by Gasteiger charge is 2.35. The molecule has 2 atom stereocenters. The van der Waals surface area contributed by atoms with Crippen LogP contribution >= 0.6 is 11.8 Å². The standard InChI is InChI=1S/C31H37N3O4S/c1-6-19-34(29(36)26(18-20-39-5)33-30(37)38-31(2,3)4)27(23-13-8-7-9-14-23)28(35)32-25-17-16-22-12-10-11-15-24(22)21-25/h6-17,21,26-27H,1,18-20H2,2-5H3,(H,32,35)(H,33,37). The number of thioether (sulfide) groups is 1. The van der Waals surface area contributed by atoms with Gasteiger partial charge >= 0.3 is 6.09 Å². The zero-order valence-electron chi connectivity index (χ0n) is 23.0. The normalized spacial score (nSPS) is 12.7. The molecule has 8 heteroatoms. The van der Waals surface area contributed by atoms with Crippen LogP contribution in [0.15, 0.2) is 85.5 Å². The third-order valence-electron chi connectivity index (χ3n) is 5.90. The van der Waals surface area contributed by atoms with E-state index in [0.29, 0.717) is 23.4 Å². The van der Waals surface area contributed by atoms with E-state index < -0.39 is 29.7 Å². The van der Waals surface area contributed by atoms with Crippen LogP contribution in [0.5, 0.6) is 0 Å². The van der Waals surface area contributed by atoms with E-state index in [2.05, 4.69) is 17.2 Å². The molecule has 2 unspecified atom stereocenters. The number of ether oxygens (including phenoxy) is 1. The molecule has 3 aromatic rings. The molecule has 3 amide bonds. The average molecular weight is 548 g/mol. The fraction of sp³-hybridized carbons (Fsp3) is 0.323. The number of rotatable bonds is 11. The van der Waals surface area contributed by atoms with Gasteiger partial charge in [-0.2, -0.15) is 11.8 Å². The fourth-order valence-corrected chi connectivity index (χ4v) is 4.66. The molecule has 3 aromatic carbocycles. The highest BCUT2D eigenvalue weighted by Crippen LogP contribution is 2.26. The van der Waals surface area contributed by atoms with Crippen LogP contribution in [0.3, 0.4) is 0 Å². The predicted molar refractivity (Wildman–Crippen MR) is 160 cm³/mol. The van der Waals surface area contributed by atoms with Gasteiger partial charge in [0.15, 0.2) is 0 Å². The molecular weight excluding hydrogens is 510 g/mol. The molecule has 0 heterocycles. The summed E-state index contributed by atoms with van der Waals surface area (Å²) in [5, 5.41) is 7.78. The van der Waals surface area contributed by atoms with E-state index in [9.17, 15) is 14.4 Å². The first-order valence-corrected chi connectivity index (χ1v) is 14.3. The Balaban J connectivity index is 1.95. The Bertz CT molecular complexity index is 1290. The molecule has 206 valence electrons. The summed E-state index contributed by atoms with van der Waals surface area (Å²) in [6, 6.07) is 20.9. The van der Waals surface area contributed by atoms with Crippen LogP contribution < -0.4 is 10.6 Å². The van der Waals surface area contributed by atoms with E-state index in [1.807, 2.05) is 79.1 Å². The van der Waals surface area contributed by atoms with Crippen molar-refractivity contribution in [3.63, 3.8) is 0 Å². The van der Waals surface area contributed by atoms with Crippen molar-refractivity contribution in [1.82, 2.24) is 10.2 Å². The molecule has 3 rings (SSSR count). The number of carbonyl (C=O) groups is 3. The van der Waals surface area contributed by atoms with Crippen molar-refractivity contribution in [3.8, 4) is 0 Å². The maximum absolute atomic E-state index is 14.0. The fourth-order valence-electron chi connectivity index (χ4n) is 4.19. The summed E-state index contributed by atoms with van der Waals surface area (Å²) in [5.41, 5.74) is 0.549. The highest BCUT2D eigenvalue weighted by atomic mass is 32.2. The maximum Gasteiger partial charge on any atom is 0.408 e. The Morgan fingerprint density at radius 1 is 1.00 bits per heavy atom. The largest absolute Gasteiger partial charge is 0.444 e. The Labute approximate surface area is 235 Å². The Morgan fingerprint density at radius 2 is 1.67 bits per heavy atom. The van der Waals surface area contributed by atoms with Gasteiger partial charge in [0, 0.05) is 12.2 Å². The number of carbonyl (C=O) groups excluding carboxylic acids is 3. The third kappa shape index (κ3) is 8.61. The number of hydrogen-bond acceptors (Lipinski definition) is 5. The van der Waals surface area contributed by atoms with Gasteiger partial charge in [0.25, 0.3) is 5.91 Å². The van der Waals surface area contributed by atoms with Crippen molar-refractivity contribution >= 4 is 46.1 Å². The second kappa shape index (κ2) is 13.8. The number of alkyl carbamates (subject to hydrolysis) is 1. The predicted octanol–water partition coefficient (Wildman–Crippen LogP) is 6.18. The minimum absolute atomic E-state index is 0.106. The Morgan fingerprint density at radius 3 is 2.31 bits per heavy atom. The van der Waals surface area contributed by atoms with Crippen LogP contribution in [0, 0.1) is 0 Å². The zero-order chi connectivity index (χ0) is 28.4. The minimum Gasteiger partial charge on any atom is -0.444 e. The van der Waals surface area contributed by atoms with E-state index >= 15 is 0 Å². The van der Waals surface area contributed by atoms with E-state index in [4.69, 9.17) is 4.74 Å². The van der Waals surface area contributed by atoms with Crippen molar-refractivity contribution in [2.45, 2.75) is 44.9 Å². The molecule has 0 aliphatic rings. The maximum atomic E-state index is 14.0. The van der Waals surface area contributed by atoms with Crippen molar-refractivity contribution in [1.29, 1.82) is 0 Å². The number of benzene rings is 3. The lowest BCUT2D eigenvalue weighted by Gasteiger charge is -2.34. The molecule has 0 saturated heterocycles. The number of nitrogens with zero attached hydrogens (tertiary/aromatic N) is 1. The average Bonchev–Trinajstić information content (AvgIpc) is 2.90. The van der Waals surface area contributed by atoms with Gasteiger partial charge in [0.05, 0.1) is 0 Å². The lowest BCUT2D eigenvalue weighted by molar-refractivity contribution is -0.140. The van der Waals surface area contributed by atoms with Crippen LogP contribution in [0.25, 0.3) is 10.8 Å². The molecular formula is C31H37N3O4S. The molecule has 0 radical (unpaired) electrons. The summed E-state index contributed by atoms with van der Waals surface area (Å²) in [6.07, 6.45) is 3.20. The smallest absolute Gasteiger partial charge is 0.408 e. The van der Waals surface area contributed by atoms with E-state index in [0.717, 1.165) is 10.8 Å². The van der Waals surface area contributed by atoms with Crippen molar-refractivity contribution in [2.75, 3.05) is 23.9 Å². The number of hydrogen-bond donors (Lipinski definition) is 2. The molecule has 39 heavy (non-hydrogen) atoms. The minimum atomic E-state index is -0.958. The van der Waals surface area contributed by atoms with Crippen molar-refractivity contribution < 1.29 is 19.1 Å². The van der Waals surface area contributed by atoms with Crippen molar-refractivity contribution in [3.05, 3.63) is 91.0 Å². The van der Waals surface area contributed by atoms with Crippen LogP contribution in [-0.2, 0) is 14.3 Å². The molecule has 0 aliphatic carbocycles. The lowest BCUT2D eigenvalue weighted by atomic mass is 10.0. The quantitative estimate of drug-likeness (QED) is 0.280. The monoisotopic (exact) mass is 547 g/mol. The van der Waals surface area contributed by atoms with Gasteiger partial charge in [-0.05, 0) is 67.7 Å². The summed E-state index contributed by atoms with van der Waals surface area (Å²) in [6.45, 7) is 9.22. The third-order valence-corrected chi connectivity index (χ3v) is 6.54. The van der Waals surface area contributed by atoms with Crippen LogP contribution in [-0.4, -0.2) is 53.0 Å². The second-order valence-electron chi connectivity index (χ2n) is 10.1. The molecule has 0 saturated carbocycles. The van der Waals surface area contributed by atoms with Gasteiger partial charge in [0.1, 0.15) is 17.7 Å². The first-order valence-electron chi connectivity index (χ1n) is 12.9. The zero-order valence-corrected chi connectivity index (χ0v) is 23.8. The first-order chi connectivity index (χ1) is 18.6. The molecule has 7 nitrogen and oxygen atoms in total. The van der Waals surface area contributed by atoms with Gasteiger partial charge in [-0.15, -0.1) is 6.58 Å². The molecule has 2 N–H and O–H groups in total. The topological polar surface area (TPSA) is 87.7 Å². The number of anilines is 1. The Hall–Kier alpha value is -3.78. The van der Waals surface area contributed by atoms with Crippen LogP contribution in [0.2, 0.25) is 0 Å². The number of nitrogens with one attached hydrogen (secondary N) is 2. The Kier molecular flexibility index (Phi) is 10.6. The summed E-state index contributed by atoms with van der Waals surface area (Å²) in [4.78, 5) is 42.0. The van der Waals surface area contributed by atoms with Crippen molar-refractivity contribution in [2.24, 2.45) is 0 Å². The molecule has 0 aliphatic heterocycles. The molecule has 0 fully saturated rings.